The molecule has 0 saturated heterocycles. The number of hydrogen-bond acceptors (Lipinski definition) is 2. The van der Waals surface area contributed by atoms with Gasteiger partial charge in [0.05, 0.1) is 0 Å². The van der Waals surface area contributed by atoms with Crippen molar-refractivity contribution >= 4 is 50.0 Å². The number of allylic oxidation sites excluding steroid dienone is 6. The first kappa shape index (κ1) is 48.2. The Morgan fingerprint density at radius 3 is 1.52 bits per heavy atom. The fraction of sp³-hybridized carbons (Fsp3) is 0.127. The highest BCUT2D eigenvalue weighted by Gasteiger charge is 2.35. The summed E-state index contributed by atoms with van der Waals surface area (Å²) in [5.74, 6) is 0. The molecule has 10 aromatic carbocycles. The Hall–Kier alpha value is -8.46. The summed E-state index contributed by atoms with van der Waals surface area (Å²) in [4.78, 5) is 4.65. The van der Waals surface area contributed by atoms with Crippen LogP contribution in [0.5, 0.6) is 0 Å². The van der Waals surface area contributed by atoms with Gasteiger partial charge in [0, 0.05) is 40.9 Å². The Bertz CT molecular complexity index is 3600. The summed E-state index contributed by atoms with van der Waals surface area (Å²) in [5.41, 5.74) is 21.0. The number of anilines is 5. The molecule has 12 rings (SSSR count). The Labute approximate surface area is 433 Å². The van der Waals surface area contributed by atoms with E-state index in [0.717, 1.165) is 34.9 Å². The average molecular weight is 945 g/mol. The topological polar surface area (TPSA) is 6.48 Å². The third-order valence-corrected chi connectivity index (χ3v) is 14.6. The maximum absolute atomic E-state index is 2.49. The molecule has 358 valence electrons. The van der Waals surface area contributed by atoms with E-state index < -0.39 is 0 Å². The molecule has 0 fully saturated rings. The summed E-state index contributed by atoms with van der Waals surface area (Å²) < 4.78 is 0. The van der Waals surface area contributed by atoms with Crippen molar-refractivity contribution in [2.24, 2.45) is 0 Å². The molecule has 2 heteroatoms. The second-order valence-corrected chi connectivity index (χ2v) is 19.4. The largest absolute Gasteiger partial charge is 0.345 e. The molecular formula is C71H64N2. The van der Waals surface area contributed by atoms with Crippen LogP contribution in [0.4, 0.5) is 28.4 Å². The quantitative estimate of drug-likeness (QED) is 0.140. The average Bonchev–Trinajstić information content (AvgIpc) is 3.63. The van der Waals surface area contributed by atoms with Gasteiger partial charge in [-0.2, -0.15) is 0 Å². The third kappa shape index (κ3) is 9.34. The van der Waals surface area contributed by atoms with Crippen LogP contribution in [-0.4, -0.2) is 7.05 Å². The minimum absolute atomic E-state index is 0.105. The molecule has 0 bridgehead atoms. The van der Waals surface area contributed by atoms with Crippen LogP contribution in [0.25, 0.3) is 66.1 Å². The van der Waals surface area contributed by atoms with E-state index in [-0.39, 0.29) is 5.41 Å². The first-order valence-electron chi connectivity index (χ1n) is 25.9. The van der Waals surface area contributed by atoms with Gasteiger partial charge in [-0.15, -0.1) is 0 Å². The van der Waals surface area contributed by atoms with Crippen LogP contribution in [0.1, 0.15) is 56.4 Å². The lowest BCUT2D eigenvalue weighted by Crippen LogP contribution is -2.14. The van der Waals surface area contributed by atoms with Crippen LogP contribution in [0.15, 0.2) is 249 Å². The van der Waals surface area contributed by atoms with Crippen molar-refractivity contribution in [3.05, 3.63) is 271 Å². The number of hydrogen-bond donors (Lipinski definition) is 0. The summed E-state index contributed by atoms with van der Waals surface area (Å²) in [6.07, 6.45) is 13.5. The Morgan fingerprint density at radius 2 is 0.877 bits per heavy atom. The summed E-state index contributed by atoms with van der Waals surface area (Å²) in [7, 11) is 2.20. The summed E-state index contributed by atoms with van der Waals surface area (Å²) in [6.45, 7) is 13.2. The van der Waals surface area contributed by atoms with Crippen molar-refractivity contribution in [1.82, 2.24) is 0 Å². The van der Waals surface area contributed by atoms with E-state index in [1.165, 1.54) is 88.3 Å². The molecule has 0 amide bonds. The highest BCUT2D eigenvalue weighted by atomic mass is 15.1. The Morgan fingerprint density at radius 1 is 0.370 bits per heavy atom. The molecular weight excluding hydrogens is 881 g/mol. The molecule has 0 spiro atoms. The molecule has 73 heavy (non-hydrogen) atoms. The van der Waals surface area contributed by atoms with Crippen LogP contribution in [0.3, 0.4) is 0 Å². The fourth-order valence-corrected chi connectivity index (χ4v) is 11.0. The first-order valence-corrected chi connectivity index (χ1v) is 25.9. The van der Waals surface area contributed by atoms with E-state index >= 15 is 0 Å². The van der Waals surface area contributed by atoms with E-state index in [2.05, 4.69) is 281 Å². The smallest absolute Gasteiger partial charge is 0.0463 e. The monoisotopic (exact) mass is 945 g/mol. The van der Waals surface area contributed by atoms with Crippen LogP contribution >= 0.6 is 0 Å². The number of fused-ring (bicyclic) bond motifs is 5. The van der Waals surface area contributed by atoms with Gasteiger partial charge in [0.2, 0.25) is 0 Å². The van der Waals surface area contributed by atoms with Gasteiger partial charge < -0.3 is 9.80 Å². The molecule has 2 aliphatic carbocycles. The molecule has 0 atom stereocenters. The zero-order chi connectivity index (χ0) is 50.5. The maximum Gasteiger partial charge on any atom is 0.0463 e. The molecule has 0 aromatic heterocycles. The highest BCUT2D eigenvalue weighted by Crippen LogP contribution is 2.52. The van der Waals surface area contributed by atoms with Gasteiger partial charge in [0.1, 0.15) is 0 Å². The van der Waals surface area contributed by atoms with Crippen molar-refractivity contribution < 1.29 is 0 Å². The fourth-order valence-electron chi connectivity index (χ4n) is 11.0. The predicted molar refractivity (Wildman–Crippen MR) is 317 cm³/mol. The standard InChI is InChI=1S/C62H50N2.C7H8.C2H6/c1-41-18-12-13-23-51(41)43-28-30-44(31-29-43)60-54-25-14-15-26-55(54)61(45-32-37-53-52-24-16-17-27-57(52)62(3,4)58(53)39-45)59-42(2)38-50(40-56(59)60)63(5)46-33-35-49(36-34-46)64(47-19-8-6-9-20-47)48-21-10-7-11-22-48;1-2-4-6-7-5-3-1;1-2/h6-40H,1-5H3;1-6H,7H2;1-2H3. The zero-order valence-corrected chi connectivity index (χ0v) is 43.3. The van der Waals surface area contributed by atoms with Crippen molar-refractivity contribution in [2.75, 3.05) is 16.8 Å². The zero-order valence-electron chi connectivity index (χ0n) is 43.3. The second-order valence-electron chi connectivity index (χ2n) is 19.4. The highest BCUT2D eigenvalue weighted by molar-refractivity contribution is 6.23. The molecule has 0 N–H and O–H groups in total. The van der Waals surface area contributed by atoms with Gasteiger partial charge in [-0.25, -0.2) is 0 Å². The second kappa shape index (κ2) is 21.1. The van der Waals surface area contributed by atoms with E-state index in [9.17, 15) is 0 Å². The molecule has 0 heterocycles. The molecule has 0 saturated carbocycles. The van der Waals surface area contributed by atoms with Crippen molar-refractivity contribution in [2.45, 2.75) is 53.4 Å². The van der Waals surface area contributed by atoms with Crippen LogP contribution in [-0.2, 0) is 5.41 Å². The van der Waals surface area contributed by atoms with Crippen LogP contribution in [0, 0.1) is 13.8 Å². The molecule has 10 aromatic rings. The number of benzene rings is 10. The van der Waals surface area contributed by atoms with E-state index in [1.54, 1.807) is 0 Å². The van der Waals surface area contributed by atoms with Crippen molar-refractivity contribution in [3.8, 4) is 44.5 Å². The van der Waals surface area contributed by atoms with Crippen LogP contribution < -0.4 is 9.80 Å². The predicted octanol–water partition coefficient (Wildman–Crippen LogP) is 20.2. The minimum atomic E-state index is -0.105. The Kier molecular flexibility index (Phi) is 13.9. The molecule has 0 radical (unpaired) electrons. The molecule has 0 aliphatic heterocycles. The van der Waals surface area contributed by atoms with Gasteiger partial charge >= 0.3 is 0 Å². The van der Waals surface area contributed by atoms with Gasteiger partial charge in [-0.3, -0.25) is 0 Å². The summed E-state index contributed by atoms with van der Waals surface area (Å²) in [6, 6.07) is 78.1. The number of para-hydroxylation sites is 2. The molecule has 2 aliphatic rings. The normalized spacial score (nSPS) is 12.8. The SMILES string of the molecule is C1=CC=CCC=C1.CC.Cc1ccccc1-c1ccc(-c2c3ccccc3c(-c3ccc4c(c3)C(C)(C)c3ccccc3-4)c3c(C)cc(N(C)c4ccc(N(c5ccccc5)c5ccccc5)cc4)cc23)cc1. The number of nitrogens with zero attached hydrogens (tertiary/aromatic N) is 2. The maximum atomic E-state index is 2.49. The van der Waals surface area contributed by atoms with Crippen LogP contribution in [0.2, 0.25) is 0 Å². The number of aryl methyl sites for hydroxylation is 2. The van der Waals surface area contributed by atoms with Gasteiger partial charge in [-0.05, 0) is 175 Å². The van der Waals surface area contributed by atoms with E-state index in [4.69, 9.17) is 0 Å². The van der Waals surface area contributed by atoms with Crippen molar-refractivity contribution in [3.63, 3.8) is 0 Å². The van der Waals surface area contributed by atoms with Gasteiger partial charge in [0.25, 0.3) is 0 Å². The third-order valence-electron chi connectivity index (χ3n) is 14.6. The lowest BCUT2D eigenvalue weighted by atomic mass is 9.80. The molecule has 0 unspecified atom stereocenters. The minimum Gasteiger partial charge on any atom is -0.345 e. The lowest BCUT2D eigenvalue weighted by Gasteiger charge is -2.27. The Balaban J connectivity index is 0.000000622. The molecule has 2 nitrogen and oxygen atoms in total. The van der Waals surface area contributed by atoms with E-state index in [1.807, 2.05) is 26.0 Å². The van der Waals surface area contributed by atoms with Gasteiger partial charge in [0.15, 0.2) is 0 Å². The number of rotatable bonds is 8. The van der Waals surface area contributed by atoms with Crippen molar-refractivity contribution in [1.29, 1.82) is 0 Å². The van der Waals surface area contributed by atoms with Gasteiger partial charge in [-0.1, -0.05) is 210 Å². The van der Waals surface area contributed by atoms with E-state index in [0.29, 0.717) is 0 Å². The summed E-state index contributed by atoms with van der Waals surface area (Å²) >= 11 is 0. The first-order chi connectivity index (χ1) is 35.8. The lowest BCUT2D eigenvalue weighted by molar-refractivity contribution is 0.660. The summed E-state index contributed by atoms with van der Waals surface area (Å²) in [5, 5.41) is 5.06.